The van der Waals surface area contributed by atoms with Crippen LogP contribution in [0.3, 0.4) is 0 Å². The Morgan fingerprint density at radius 1 is 1.33 bits per heavy atom. The van der Waals surface area contributed by atoms with E-state index in [0.29, 0.717) is 19.0 Å². The van der Waals surface area contributed by atoms with E-state index in [-0.39, 0.29) is 29.7 Å². The van der Waals surface area contributed by atoms with E-state index in [0.717, 1.165) is 19.0 Å². The Balaban J connectivity index is 0.00000288. The maximum absolute atomic E-state index is 12.1. The van der Waals surface area contributed by atoms with Crippen LogP contribution in [0, 0.1) is 5.92 Å². The van der Waals surface area contributed by atoms with Gasteiger partial charge in [0, 0.05) is 33.2 Å². The van der Waals surface area contributed by atoms with Gasteiger partial charge in [0.1, 0.15) is 0 Å². The average Bonchev–Trinajstić information content (AvgIpc) is 2.91. The van der Waals surface area contributed by atoms with Crippen LogP contribution in [0.2, 0.25) is 0 Å². The molecule has 0 radical (unpaired) electrons. The average molecular weight is 472 g/mol. The summed E-state index contributed by atoms with van der Waals surface area (Å²) in [5.41, 5.74) is 0. The lowest BCUT2D eigenvalue weighted by molar-refractivity contribution is 0.321. The molecule has 2 fully saturated rings. The van der Waals surface area contributed by atoms with Crippen LogP contribution >= 0.6 is 24.0 Å². The minimum absolute atomic E-state index is 0. The molecule has 0 spiro atoms. The topological polar surface area (TPSA) is 65.0 Å². The normalized spacial score (nSPS) is 26.9. The van der Waals surface area contributed by atoms with Gasteiger partial charge in [-0.2, -0.15) is 0 Å². The van der Waals surface area contributed by atoms with Crippen LogP contribution in [0.4, 0.5) is 0 Å². The largest absolute Gasteiger partial charge is 0.356 e. The highest BCUT2D eigenvalue weighted by Crippen LogP contribution is 2.24. The molecular weight excluding hydrogens is 439 g/mol. The van der Waals surface area contributed by atoms with Crippen LogP contribution in [0.15, 0.2) is 4.99 Å². The predicted octanol–water partition coefficient (Wildman–Crippen LogP) is 1.42. The summed E-state index contributed by atoms with van der Waals surface area (Å²) in [5.74, 6) is 1.69. The first-order valence-corrected chi connectivity index (χ1v) is 10.3. The maximum atomic E-state index is 12.1. The van der Waals surface area contributed by atoms with Crippen molar-refractivity contribution in [2.75, 3.05) is 52.1 Å². The van der Waals surface area contributed by atoms with E-state index in [2.05, 4.69) is 27.0 Å². The molecule has 2 aliphatic heterocycles. The van der Waals surface area contributed by atoms with Crippen LogP contribution in [0.5, 0.6) is 0 Å². The Morgan fingerprint density at radius 3 is 2.62 bits per heavy atom. The number of hydrogen-bond acceptors (Lipinski definition) is 4. The van der Waals surface area contributed by atoms with Crippen molar-refractivity contribution in [3.8, 4) is 0 Å². The highest BCUT2D eigenvalue weighted by atomic mass is 127. The van der Waals surface area contributed by atoms with Crippen molar-refractivity contribution in [1.82, 2.24) is 15.1 Å². The molecule has 0 aliphatic carbocycles. The number of nitrogens with zero attached hydrogens (tertiary/aromatic N) is 3. The Kier molecular flexibility index (Phi) is 8.25. The molecule has 1 N–H and O–H groups in total. The van der Waals surface area contributed by atoms with Gasteiger partial charge in [0.25, 0.3) is 0 Å². The molecule has 0 saturated carbocycles. The zero-order valence-electron chi connectivity index (χ0n) is 15.4. The van der Waals surface area contributed by atoms with Crippen molar-refractivity contribution in [3.05, 3.63) is 0 Å². The van der Waals surface area contributed by atoms with Crippen molar-refractivity contribution in [2.45, 2.75) is 38.4 Å². The summed E-state index contributed by atoms with van der Waals surface area (Å²) >= 11 is 0. The van der Waals surface area contributed by atoms with Gasteiger partial charge in [-0.15, -0.1) is 24.0 Å². The van der Waals surface area contributed by atoms with Crippen molar-refractivity contribution in [1.29, 1.82) is 0 Å². The minimum atomic E-state index is -3.01. The van der Waals surface area contributed by atoms with Gasteiger partial charge in [-0.05, 0) is 45.7 Å². The summed E-state index contributed by atoms with van der Waals surface area (Å²) < 4.78 is 23.5. The molecule has 0 aromatic heterocycles. The molecule has 0 aromatic rings. The third-order valence-electron chi connectivity index (χ3n) is 5.01. The molecule has 0 aromatic carbocycles. The van der Waals surface area contributed by atoms with Gasteiger partial charge in [-0.1, -0.05) is 6.92 Å². The lowest BCUT2D eigenvalue weighted by Gasteiger charge is -2.39. The highest BCUT2D eigenvalue weighted by Gasteiger charge is 2.41. The number of guanidine groups is 1. The predicted molar refractivity (Wildman–Crippen MR) is 111 cm³/mol. The molecule has 24 heavy (non-hydrogen) atoms. The van der Waals surface area contributed by atoms with E-state index >= 15 is 0 Å². The Bertz CT molecular complexity index is 536. The van der Waals surface area contributed by atoms with Crippen LogP contribution in [0.1, 0.15) is 33.6 Å². The molecule has 0 amide bonds. The lowest BCUT2D eigenvalue weighted by Crippen LogP contribution is -2.57. The maximum Gasteiger partial charge on any atom is 0.193 e. The summed E-state index contributed by atoms with van der Waals surface area (Å²) in [4.78, 5) is 8.97. The molecule has 2 heterocycles. The van der Waals surface area contributed by atoms with Crippen LogP contribution in [0.25, 0.3) is 0 Å². The van der Waals surface area contributed by atoms with E-state index in [4.69, 9.17) is 0 Å². The molecular formula is C16H33IN4O2S. The van der Waals surface area contributed by atoms with Gasteiger partial charge in [-0.25, -0.2) is 8.42 Å². The molecule has 8 heteroatoms. The fraction of sp³-hybridized carbons (Fsp3) is 0.938. The SMILES string of the molecule is CCCN1CCC(CNC(=NC)N2CCS(=O)(=O)C(C)(C)C2)C1.I. The first-order chi connectivity index (χ1) is 10.8. The van der Waals surface area contributed by atoms with E-state index < -0.39 is 14.6 Å². The van der Waals surface area contributed by atoms with Gasteiger partial charge in [0.15, 0.2) is 15.8 Å². The van der Waals surface area contributed by atoms with Crippen molar-refractivity contribution in [3.63, 3.8) is 0 Å². The smallest absolute Gasteiger partial charge is 0.193 e. The van der Waals surface area contributed by atoms with Crippen LogP contribution in [-0.4, -0.2) is 81.0 Å². The molecule has 142 valence electrons. The summed E-state index contributed by atoms with van der Waals surface area (Å²) in [7, 11) is -1.24. The number of aliphatic imine (C=N–C) groups is 1. The molecule has 2 saturated heterocycles. The monoisotopic (exact) mass is 472 g/mol. The van der Waals surface area contributed by atoms with E-state index in [1.807, 2.05) is 0 Å². The quantitative estimate of drug-likeness (QED) is 0.381. The van der Waals surface area contributed by atoms with Crippen molar-refractivity contribution >= 4 is 39.8 Å². The van der Waals surface area contributed by atoms with Gasteiger partial charge >= 0.3 is 0 Å². The molecule has 0 bridgehead atoms. The number of nitrogens with one attached hydrogen (secondary N) is 1. The fourth-order valence-electron chi connectivity index (χ4n) is 3.49. The summed E-state index contributed by atoms with van der Waals surface area (Å²) in [6.45, 7) is 11.3. The summed E-state index contributed by atoms with van der Waals surface area (Å²) in [5, 5.41) is 3.46. The number of sulfone groups is 1. The standard InChI is InChI=1S/C16H32N4O2S.HI/c1-5-7-19-8-6-14(12-19)11-18-15(17-4)20-9-10-23(21,22)16(2,3)13-20;/h14H,5-13H2,1-4H3,(H,17,18);1H. The molecule has 2 rings (SSSR count). The van der Waals surface area contributed by atoms with E-state index in [9.17, 15) is 8.42 Å². The first-order valence-electron chi connectivity index (χ1n) is 8.69. The molecule has 1 unspecified atom stereocenters. The van der Waals surface area contributed by atoms with Gasteiger partial charge < -0.3 is 15.1 Å². The zero-order valence-corrected chi connectivity index (χ0v) is 18.6. The number of likely N-dealkylation sites (tertiary alicyclic amines) is 1. The van der Waals surface area contributed by atoms with Gasteiger partial charge in [0.2, 0.25) is 0 Å². The Morgan fingerprint density at radius 2 is 2.04 bits per heavy atom. The Hall–Kier alpha value is -0.0900. The Labute approximate surface area is 164 Å². The van der Waals surface area contributed by atoms with Gasteiger partial charge in [0.05, 0.1) is 10.5 Å². The van der Waals surface area contributed by atoms with Crippen LogP contribution in [-0.2, 0) is 9.84 Å². The molecule has 2 aliphatic rings. The second-order valence-electron chi connectivity index (χ2n) is 7.38. The van der Waals surface area contributed by atoms with Crippen LogP contribution < -0.4 is 5.32 Å². The highest BCUT2D eigenvalue weighted by molar-refractivity contribution is 14.0. The summed E-state index contributed by atoms with van der Waals surface area (Å²) in [6.07, 6.45) is 2.43. The number of rotatable bonds is 4. The zero-order chi connectivity index (χ0) is 17.1. The van der Waals surface area contributed by atoms with Gasteiger partial charge in [-0.3, -0.25) is 4.99 Å². The third kappa shape index (κ3) is 5.20. The number of hydrogen-bond donors (Lipinski definition) is 1. The summed E-state index contributed by atoms with van der Waals surface area (Å²) in [6, 6.07) is 0. The molecule has 6 nitrogen and oxygen atoms in total. The fourth-order valence-corrected chi connectivity index (χ4v) is 4.86. The number of halogens is 1. The van der Waals surface area contributed by atoms with Crippen molar-refractivity contribution in [2.24, 2.45) is 10.9 Å². The van der Waals surface area contributed by atoms with E-state index in [1.165, 1.54) is 25.9 Å². The molecule has 1 atom stereocenters. The first kappa shape index (κ1) is 22.0. The third-order valence-corrected chi connectivity index (χ3v) is 7.55. The minimum Gasteiger partial charge on any atom is -0.356 e. The van der Waals surface area contributed by atoms with Crippen molar-refractivity contribution < 1.29 is 8.42 Å². The second kappa shape index (κ2) is 9.02. The van der Waals surface area contributed by atoms with E-state index in [1.54, 1.807) is 20.9 Å². The second-order valence-corrected chi connectivity index (χ2v) is 10.1. The lowest BCUT2D eigenvalue weighted by atomic mass is 10.1.